The lowest BCUT2D eigenvalue weighted by Gasteiger charge is -2.09. The van der Waals surface area contributed by atoms with E-state index in [2.05, 4.69) is 28.9 Å². The highest BCUT2D eigenvalue weighted by atomic mass is 35.5. The van der Waals surface area contributed by atoms with Gasteiger partial charge in [-0.25, -0.2) is 4.98 Å². The monoisotopic (exact) mass is 420 g/mol. The number of imidazole rings is 1. The van der Waals surface area contributed by atoms with E-state index >= 15 is 0 Å². The number of aryl methyl sites for hydroxylation is 1. The molecule has 5 heteroatoms. The zero-order valence-corrected chi connectivity index (χ0v) is 17.7. The SMILES string of the molecule is COc1ccccc1/C=C/c1nc2ccccc2n1CCCOc1ccccc1.Cl. The van der Waals surface area contributed by atoms with Gasteiger partial charge in [0.1, 0.15) is 17.3 Å². The van der Waals surface area contributed by atoms with Crippen molar-refractivity contribution >= 4 is 35.6 Å². The van der Waals surface area contributed by atoms with Gasteiger partial charge in [0.15, 0.2) is 0 Å². The van der Waals surface area contributed by atoms with E-state index < -0.39 is 0 Å². The van der Waals surface area contributed by atoms with Gasteiger partial charge in [0.25, 0.3) is 0 Å². The van der Waals surface area contributed by atoms with Gasteiger partial charge in [0, 0.05) is 12.1 Å². The molecule has 1 heterocycles. The molecule has 1 aromatic heterocycles. The molecule has 0 fully saturated rings. The minimum absolute atomic E-state index is 0. The van der Waals surface area contributed by atoms with Crippen LogP contribution in [0.25, 0.3) is 23.2 Å². The van der Waals surface area contributed by atoms with Crippen LogP contribution in [0.4, 0.5) is 0 Å². The first-order valence-corrected chi connectivity index (χ1v) is 9.79. The molecule has 3 aromatic carbocycles. The van der Waals surface area contributed by atoms with E-state index in [1.807, 2.05) is 66.7 Å². The largest absolute Gasteiger partial charge is 0.496 e. The lowest BCUT2D eigenvalue weighted by Crippen LogP contribution is -2.06. The zero-order chi connectivity index (χ0) is 19.9. The third-order valence-electron chi connectivity index (χ3n) is 4.77. The van der Waals surface area contributed by atoms with Crippen LogP contribution in [0.15, 0.2) is 78.9 Å². The summed E-state index contributed by atoms with van der Waals surface area (Å²) in [6.45, 7) is 1.49. The van der Waals surface area contributed by atoms with Gasteiger partial charge >= 0.3 is 0 Å². The maximum atomic E-state index is 5.85. The molecule has 0 N–H and O–H groups in total. The molecular weight excluding hydrogens is 396 g/mol. The minimum Gasteiger partial charge on any atom is -0.496 e. The molecule has 0 radical (unpaired) electrons. The van der Waals surface area contributed by atoms with Gasteiger partial charge in [-0.2, -0.15) is 0 Å². The molecule has 4 nitrogen and oxygen atoms in total. The Morgan fingerprint density at radius 3 is 2.43 bits per heavy atom. The number of methoxy groups -OCH3 is 1. The molecule has 0 atom stereocenters. The van der Waals surface area contributed by atoms with Gasteiger partial charge in [-0.05, 0) is 48.9 Å². The lowest BCUT2D eigenvalue weighted by atomic mass is 10.2. The fourth-order valence-electron chi connectivity index (χ4n) is 3.35. The number of aromatic nitrogens is 2. The third kappa shape index (κ3) is 5.02. The highest BCUT2D eigenvalue weighted by molar-refractivity contribution is 5.85. The topological polar surface area (TPSA) is 36.3 Å². The normalized spacial score (nSPS) is 10.8. The summed E-state index contributed by atoms with van der Waals surface area (Å²) in [5, 5.41) is 0. The highest BCUT2D eigenvalue weighted by Crippen LogP contribution is 2.22. The van der Waals surface area contributed by atoms with Crippen molar-refractivity contribution in [1.29, 1.82) is 0 Å². The number of rotatable bonds is 8. The van der Waals surface area contributed by atoms with Gasteiger partial charge in [0.05, 0.1) is 24.8 Å². The van der Waals surface area contributed by atoms with Crippen LogP contribution in [0.2, 0.25) is 0 Å². The summed E-state index contributed by atoms with van der Waals surface area (Å²) in [7, 11) is 1.69. The Labute approximate surface area is 183 Å². The fraction of sp³-hybridized carbons (Fsp3) is 0.160. The summed E-state index contributed by atoms with van der Waals surface area (Å²) in [6.07, 6.45) is 5.00. The van der Waals surface area contributed by atoms with Crippen molar-refractivity contribution in [2.24, 2.45) is 0 Å². The molecule has 0 amide bonds. The maximum Gasteiger partial charge on any atom is 0.133 e. The van der Waals surface area contributed by atoms with Crippen molar-refractivity contribution in [3.05, 3.63) is 90.3 Å². The first kappa shape index (κ1) is 21.5. The summed E-state index contributed by atoms with van der Waals surface area (Å²) in [4.78, 5) is 4.81. The maximum absolute atomic E-state index is 5.85. The average Bonchev–Trinajstić information content (AvgIpc) is 3.13. The van der Waals surface area contributed by atoms with E-state index in [4.69, 9.17) is 14.5 Å². The average molecular weight is 421 g/mol. The first-order chi connectivity index (χ1) is 14.3. The third-order valence-corrected chi connectivity index (χ3v) is 4.77. The second-order valence-corrected chi connectivity index (χ2v) is 6.70. The predicted molar refractivity (Wildman–Crippen MR) is 125 cm³/mol. The minimum atomic E-state index is 0. The second kappa shape index (κ2) is 10.5. The van der Waals surface area contributed by atoms with Crippen LogP contribution in [0, 0.1) is 0 Å². The van der Waals surface area contributed by atoms with Crippen molar-refractivity contribution in [3.63, 3.8) is 0 Å². The van der Waals surface area contributed by atoms with Crippen LogP contribution in [-0.2, 0) is 6.54 Å². The summed E-state index contributed by atoms with van der Waals surface area (Å²) in [5.41, 5.74) is 3.16. The van der Waals surface area contributed by atoms with Gasteiger partial charge in [-0.3, -0.25) is 0 Å². The molecule has 0 aliphatic heterocycles. The van der Waals surface area contributed by atoms with Crippen molar-refractivity contribution in [2.75, 3.05) is 13.7 Å². The first-order valence-electron chi connectivity index (χ1n) is 9.79. The summed E-state index contributed by atoms with van der Waals surface area (Å²) in [6, 6.07) is 26.1. The van der Waals surface area contributed by atoms with E-state index in [9.17, 15) is 0 Å². The molecule has 0 aliphatic rings. The van der Waals surface area contributed by atoms with Crippen LogP contribution < -0.4 is 9.47 Å². The lowest BCUT2D eigenvalue weighted by molar-refractivity contribution is 0.302. The number of fused-ring (bicyclic) bond motifs is 1. The number of nitrogens with zero attached hydrogens (tertiary/aromatic N) is 2. The van der Waals surface area contributed by atoms with Gasteiger partial charge in [-0.1, -0.05) is 48.5 Å². The predicted octanol–water partition coefficient (Wildman–Crippen LogP) is 6.11. The molecule has 30 heavy (non-hydrogen) atoms. The zero-order valence-electron chi connectivity index (χ0n) is 16.9. The number of ether oxygens (including phenoxy) is 2. The number of benzene rings is 3. The molecule has 0 aliphatic carbocycles. The molecule has 4 rings (SSSR count). The molecule has 0 saturated carbocycles. The van der Waals surface area contributed by atoms with Gasteiger partial charge in [-0.15, -0.1) is 12.4 Å². The molecule has 4 aromatic rings. The van der Waals surface area contributed by atoms with Crippen LogP contribution >= 0.6 is 12.4 Å². The smallest absolute Gasteiger partial charge is 0.133 e. The van der Waals surface area contributed by atoms with Gasteiger partial charge in [0.2, 0.25) is 0 Å². The molecule has 154 valence electrons. The highest BCUT2D eigenvalue weighted by Gasteiger charge is 2.08. The molecule has 0 unspecified atom stereocenters. The van der Waals surface area contributed by atoms with Crippen molar-refractivity contribution in [2.45, 2.75) is 13.0 Å². The van der Waals surface area contributed by atoms with Gasteiger partial charge < -0.3 is 14.0 Å². The summed E-state index contributed by atoms with van der Waals surface area (Å²) in [5.74, 6) is 2.68. The number of hydrogen-bond acceptors (Lipinski definition) is 3. The Bertz CT molecular complexity index is 1110. The van der Waals surface area contributed by atoms with E-state index in [-0.39, 0.29) is 12.4 Å². The van der Waals surface area contributed by atoms with Crippen LogP contribution in [0.1, 0.15) is 17.8 Å². The molecule has 0 saturated heterocycles. The Morgan fingerprint density at radius 2 is 1.60 bits per heavy atom. The number of halogens is 1. The van der Waals surface area contributed by atoms with Crippen molar-refractivity contribution in [1.82, 2.24) is 9.55 Å². The Hall–Kier alpha value is -3.24. The van der Waals surface area contributed by atoms with Crippen molar-refractivity contribution in [3.8, 4) is 11.5 Å². The fourth-order valence-corrected chi connectivity index (χ4v) is 3.35. The van der Waals surface area contributed by atoms with Crippen LogP contribution in [0.3, 0.4) is 0 Å². The summed E-state index contributed by atoms with van der Waals surface area (Å²) < 4.78 is 13.5. The second-order valence-electron chi connectivity index (χ2n) is 6.70. The summed E-state index contributed by atoms with van der Waals surface area (Å²) >= 11 is 0. The quantitative estimate of drug-likeness (QED) is 0.323. The molecule has 0 spiro atoms. The standard InChI is InChI=1S/C25H24N2O2.ClH/c1-28-24-15-8-5-10-20(24)16-17-25-26-22-13-6-7-14-23(22)27(25)18-9-19-29-21-11-3-2-4-12-21;/h2-8,10-17H,9,18-19H2,1H3;1H/b17-16+;. The number of para-hydroxylation sites is 4. The van der Waals surface area contributed by atoms with E-state index in [1.54, 1.807) is 7.11 Å². The molecule has 0 bridgehead atoms. The number of hydrogen-bond donors (Lipinski definition) is 0. The van der Waals surface area contributed by atoms with E-state index in [1.165, 1.54) is 0 Å². The van der Waals surface area contributed by atoms with Crippen LogP contribution in [-0.4, -0.2) is 23.3 Å². The Morgan fingerprint density at radius 1 is 0.867 bits per heavy atom. The molecular formula is C25H25ClN2O2. The van der Waals surface area contributed by atoms with Crippen LogP contribution in [0.5, 0.6) is 11.5 Å². The van der Waals surface area contributed by atoms with Crippen molar-refractivity contribution < 1.29 is 9.47 Å². The van der Waals surface area contributed by atoms with E-state index in [0.29, 0.717) is 6.61 Å². The Balaban J connectivity index is 0.00000256. The van der Waals surface area contributed by atoms with E-state index in [0.717, 1.165) is 46.9 Å². The Kier molecular flexibility index (Phi) is 7.52.